The van der Waals surface area contributed by atoms with Crippen LogP contribution in [0.4, 0.5) is 0 Å². The lowest BCUT2D eigenvalue weighted by Crippen LogP contribution is -2.66. The zero-order chi connectivity index (χ0) is 53.6. The molecule has 0 radical (unpaired) electrons. The Labute approximate surface area is 463 Å². The average Bonchev–Trinajstić information content (AvgIpc) is 3.76. The van der Waals surface area contributed by atoms with Crippen molar-refractivity contribution in [2.75, 3.05) is 32.7 Å². The fourth-order valence-electron chi connectivity index (χ4n) is 12.1. The molecule has 0 amide bonds. The summed E-state index contributed by atoms with van der Waals surface area (Å²) in [5.74, 6) is 0.966. The van der Waals surface area contributed by atoms with Gasteiger partial charge in [-0.15, -0.1) is 0 Å². The molecule has 5 aliphatic rings. The van der Waals surface area contributed by atoms with Crippen LogP contribution in [0.25, 0.3) is 10.8 Å². The van der Waals surface area contributed by atoms with Crippen molar-refractivity contribution in [3.63, 3.8) is 0 Å². The molecule has 410 valence electrons. The Morgan fingerprint density at radius 3 is 2.13 bits per heavy atom. The molecule has 0 saturated carbocycles. The van der Waals surface area contributed by atoms with Crippen LogP contribution in [0.1, 0.15) is 69.4 Å². The Bertz CT molecular complexity index is 2950. The second-order valence-electron chi connectivity index (χ2n) is 22.3. The summed E-state index contributed by atoms with van der Waals surface area (Å²) in [5, 5.41) is 4.52. The van der Waals surface area contributed by atoms with Crippen molar-refractivity contribution < 1.29 is 51.3 Å². The maximum Gasteiger partial charge on any atom is 0.261 e. The van der Waals surface area contributed by atoms with E-state index in [1.807, 2.05) is 55.5 Å². The lowest BCUT2D eigenvalue weighted by molar-refractivity contribution is -0.304. The Morgan fingerprint density at radius 2 is 1.40 bits per heavy atom. The zero-order valence-corrected chi connectivity index (χ0v) is 47.3. The second-order valence-corrected chi connectivity index (χ2v) is 28.1. The Morgan fingerprint density at radius 1 is 0.667 bits per heavy atom. The van der Waals surface area contributed by atoms with Gasteiger partial charge in [-0.1, -0.05) is 172 Å². The van der Waals surface area contributed by atoms with Crippen LogP contribution >= 0.6 is 0 Å². The van der Waals surface area contributed by atoms with E-state index >= 15 is 0 Å². The topological polar surface area (TPSA) is 109 Å². The van der Waals surface area contributed by atoms with Crippen LogP contribution in [0, 0.1) is 6.92 Å². The third-order valence-corrected chi connectivity index (χ3v) is 22.6. The maximum absolute atomic E-state index is 14.6. The van der Waals surface area contributed by atoms with Crippen LogP contribution in [-0.4, -0.2) is 112 Å². The van der Waals surface area contributed by atoms with E-state index in [0.29, 0.717) is 52.1 Å². The monoisotopic (exact) mass is 1090 g/mol. The van der Waals surface area contributed by atoms with E-state index in [9.17, 15) is 4.21 Å². The number of fused-ring (bicyclic) bond motifs is 4. The molecule has 11 rings (SSSR count). The Kier molecular flexibility index (Phi) is 17.4. The summed E-state index contributed by atoms with van der Waals surface area (Å²) >= 11 is 0. The number of hydrogen-bond acceptors (Lipinski definition) is 11. The highest BCUT2D eigenvalue weighted by Crippen LogP contribution is 2.42. The molecule has 1 unspecified atom stereocenters. The van der Waals surface area contributed by atoms with E-state index in [2.05, 4.69) is 148 Å². The predicted octanol–water partition coefficient (Wildman–Crippen LogP) is 10.7. The lowest BCUT2D eigenvalue weighted by atomic mass is 9.87. The van der Waals surface area contributed by atoms with Gasteiger partial charge in [0, 0.05) is 23.5 Å². The molecule has 13 atom stereocenters. The highest BCUT2D eigenvalue weighted by atomic mass is 32.2. The molecule has 0 spiro atoms. The standard InChI is InChI=1S/C65H74O11SSi/c1-44-26-34-50(35-27-44)77(66)43-60-57(40-58-62(75-60)63(61-56(74-58)23-14-15-37-68-61)69-41-45-28-29-46-17-12-13-18-48(46)39-45)72-53-24-16-25-54-59(42-70-64(76-54)47-30-32-49(67-5)33-31-47)73-55(53)36-38-71-78(65(2,3)4,51-19-8-6-9-20-51)52-21-10-7-11-22-52/h6-22,25-35,39,53-64H,23-24,36-38,40-43H2,1-5H3/b25-16-/t53-,54+,55+,56+,57+,58-,59-,60-,61+,62-,63-,64-,77?/m1/s1. The van der Waals surface area contributed by atoms with Crippen LogP contribution in [-0.2, 0) is 59.7 Å². The van der Waals surface area contributed by atoms with Crippen LogP contribution in [0.3, 0.4) is 0 Å². The third kappa shape index (κ3) is 12.1. The summed E-state index contributed by atoms with van der Waals surface area (Å²) in [6.07, 6.45) is 5.10. The molecular weight excluding hydrogens is 1020 g/mol. The molecule has 6 aromatic carbocycles. The van der Waals surface area contributed by atoms with Gasteiger partial charge in [-0.05, 0) is 88.3 Å². The van der Waals surface area contributed by atoms with E-state index in [1.54, 1.807) is 7.11 Å². The molecule has 11 nitrogen and oxygen atoms in total. The summed E-state index contributed by atoms with van der Waals surface area (Å²) in [5.41, 5.74) is 3.06. The van der Waals surface area contributed by atoms with Crippen LogP contribution in [0.2, 0.25) is 5.04 Å². The minimum absolute atomic E-state index is 0.203. The van der Waals surface area contributed by atoms with Gasteiger partial charge in [0.2, 0.25) is 0 Å². The molecule has 5 heterocycles. The van der Waals surface area contributed by atoms with Crippen molar-refractivity contribution in [2.24, 2.45) is 0 Å². The SMILES string of the molecule is COc1ccc([C@@H]2OC[C@H]3O[C@@H](CCO[Si](c4ccccc4)(c4ccccc4)C(C)(C)C)[C@H](O[C@H]4C[C@H]5O[C@H]6CC=CCO[C@@H]6[C@@H](OCc6ccc7ccccc7c6)[C@@H]5O[C@@H]4CS(=O)c4ccc(C)cc4)C/C=C\[C@@H]3O2)cc1. The van der Waals surface area contributed by atoms with E-state index in [1.165, 1.54) is 15.8 Å². The maximum atomic E-state index is 14.6. The number of aryl methyl sites for hydroxylation is 1. The molecule has 13 heteroatoms. The van der Waals surface area contributed by atoms with Crippen LogP contribution < -0.4 is 15.1 Å². The van der Waals surface area contributed by atoms with Crippen molar-refractivity contribution in [3.05, 3.63) is 193 Å². The second kappa shape index (κ2) is 24.7. The van der Waals surface area contributed by atoms with Crippen molar-refractivity contribution in [1.29, 1.82) is 0 Å². The Hall–Kier alpha value is -5.13. The van der Waals surface area contributed by atoms with Crippen LogP contribution in [0.15, 0.2) is 181 Å². The molecule has 3 fully saturated rings. The molecule has 0 bridgehead atoms. The minimum atomic E-state index is -2.93. The van der Waals surface area contributed by atoms with Crippen molar-refractivity contribution >= 4 is 40.3 Å². The summed E-state index contributed by atoms with van der Waals surface area (Å²) in [7, 11) is -2.70. The van der Waals surface area contributed by atoms with Gasteiger partial charge in [0.25, 0.3) is 8.32 Å². The molecule has 0 N–H and O–H groups in total. The van der Waals surface area contributed by atoms with Gasteiger partial charge in [-0.2, -0.15) is 0 Å². The normalized spacial score (nSPS) is 29.2. The first kappa shape index (κ1) is 54.8. The molecular formula is C65H74O11SSi. The third-order valence-electron chi connectivity index (χ3n) is 16.1. The summed E-state index contributed by atoms with van der Waals surface area (Å²) in [6.45, 7) is 10.4. The highest BCUT2D eigenvalue weighted by Gasteiger charge is 2.54. The number of rotatable bonds is 16. The van der Waals surface area contributed by atoms with Gasteiger partial charge >= 0.3 is 0 Å². The average molecular weight is 1090 g/mol. The molecule has 78 heavy (non-hydrogen) atoms. The highest BCUT2D eigenvalue weighted by molar-refractivity contribution is 7.85. The van der Waals surface area contributed by atoms with E-state index < -0.39 is 74.2 Å². The summed E-state index contributed by atoms with van der Waals surface area (Å²) < 4.78 is 83.6. The van der Waals surface area contributed by atoms with Gasteiger partial charge in [0.15, 0.2) is 6.29 Å². The largest absolute Gasteiger partial charge is 0.497 e. The van der Waals surface area contributed by atoms with E-state index in [-0.39, 0.29) is 29.1 Å². The fraction of sp³-hybridized carbons (Fsp3) is 0.415. The van der Waals surface area contributed by atoms with Gasteiger partial charge in [-0.3, -0.25) is 4.21 Å². The number of hydrogen-bond donors (Lipinski definition) is 0. The van der Waals surface area contributed by atoms with E-state index in [0.717, 1.165) is 32.7 Å². The van der Waals surface area contributed by atoms with Crippen molar-refractivity contribution in [3.8, 4) is 5.75 Å². The first-order valence-corrected chi connectivity index (χ1v) is 31.0. The van der Waals surface area contributed by atoms with Crippen molar-refractivity contribution in [1.82, 2.24) is 0 Å². The molecule has 3 saturated heterocycles. The smallest absolute Gasteiger partial charge is 0.261 e. The predicted molar refractivity (Wildman–Crippen MR) is 306 cm³/mol. The van der Waals surface area contributed by atoms with E-state index in [4.69, 9.17) is 47.1 Å². The van der Waals surface area contributed by atoms with Crippen molar-refractivity contribution in [2.45, 2.75) is 143 Å². The molecule has 5 aliphatic heterocycles. The molecule has 6 aromatic rings. The Balaban J connectivity index is 0.911. The number of methoxy groups -OCH3 is 1. The molecule has 0 aromatic heterocycles. The quantitative estimate of drug-likeness (QED) is 0.0683. The number of benzene rings is 6. The van der Waals surface area contributed by atoms with Gasteiger partial charge in [-0.25, -0.2) is 0 Å². The first-order chi connectivity index (χ1) is 38.0. The summed E-state index contributed by atoms with van der Waals surface area (Å²) in [4.78, 5) is 0.735. The lowest BCUT2D eigenvalue weighted by Gasteiger charge is -2.51. The van der Waals surface area contributed by atoms with Gasteiger partial charge in [0.05, 0.1) is 80.1 Å². The number of ether oxygens (including phenoxy) is 9. The molecule has 0 aliphatic carbocycles. The first-order valence-electron chi connectivity index (χ1n) is 27.8. The zero-order valence-electron chi connectivity index (χ0n) is 45.4. The fourth-order valence-corrected chi connectivity index (χ4v) is 17.9. The van der Waals surface area contributed by atoms with Gasteiger partial charge in [0.1, 0.15) is 36.3 Å². The summed E-state index contributed by atoms with van der Waals surface area (Å²) in [6, 6.07) is 52.0. The minimum Gasteiger partial charge on any atom is -0.497 e. The van der Waals surface area contributed by atoms with Crippen LogP contribution in [0.5, 0.6) is 5.75 Å². The van der Waals surface area contributed by atoms with Gasteiger partial charge < -0.3 is 47.1 Å².